The first-order valence-electron chi connectivity index (χ1n) is 9.55. The van der Waals surface area contributed by atoms with E-state index in [0.29, 0.717) is 19.5 Å². The lowest BCUT2D eigenvalue weighted by molar-refractivity contribution is -0.124. The quantitative estimate of drug-likeness (QED) is 0.603. The highest BCUT2D eigenvalue weighted by Crippen LogP contribution is 2.28. The molecule has 2 aliphatic rings. The number of esters is 1. The van der Waals surface area contributed by atoms with Crippen LogP contribution in [0, 0.1) is 0 Å². The van der Waals surface area contributed by atoms with Crippen LogP contribution >= 0.6 is 11.6 Å². The Kier molecular flexibility index (Phi) is 7.05. The van der Waals surface area contributed by atoms with E-state index in [-0.39, 0.29) is 27.0 Å². The summed E-state index contributed by atoms with van der Waals surface area (Å²) in [5.41, 5.74) is -0.0498. The van der Waals surface area contributed by atoms with Crippen molar-refractivity contribution in [2.45, 2.75) is 36.6 Å². The van der Waals surface area contributed by atoms with Crippen LogP contribution < -0.4 is 5.32 Å². The molecule has 1 aromatic rings. The fourth-order valence-electron chi connectivity index (χ4n) is 3.46. The maximum absolute atomic E-state index is 12.9. The van der Waals surface area contributed by atoms with Crippen LogP contribution in [0.25, 0.3) is 0 Å². The lowest BCUT2D eigenvalue weighted by atomic mass is 10.2. The first-order chi connectivity index (χ1) is 14.1. The van der Waals surface area contributed by atoms with Crippen molar-refractivity contribution in [1.29, 1.82) is 0 Å². The number of rotatable bonds is 6. The fraction of sp³-hybridized carbons (Fsp3) is 0.556. The largest absolute Gasteiger partial charge is 0.452 e. The zero-order valence-corrected chi connectivity index (χ0v) is 18.6. The van der Waals surface area contributed by atoms with Crippen LogP contribution in [0.5, 0.6) is 0 Å². The molecule has 0 aromatic heterocycles. The van der Waals surface area contributed by atoms with Crippen LogP contribution in [0.3, 0.4) is 0 Å². The predicted molar refractivity (Wildman–Crippen MR) is 110 cm³/mol. The van der Waals surface area contributed by atoms with Gasteiger partial charge in [-0.15, -0.1) is 0 Å². The smallest absolute Gasteiger partial charge is 0.338 e. The number of nitrogens with zero attached hydrogens (tertiary/aromatic N) is 1. The molecule has 0 saturated carbocycles. The number of piperidine rings is 1. The zero-order chi connectivity index (χ0) is 21.9. The number of carbonyl (C=O) groups is 2. The number of benzene rings is 1. The Morgan fingerprint density at radius 2 is 1.90 bits per heavy atom. The number of sulfonamides is 1. The molecule has 0 radical (unpaired) electrons. The third-order valence-corrected chi connectivity index (χ3v) is 9.18. The van der Waals surface area contributed by atoms with Gasteiger partial charge in [-0.25, -0.2) is 21.6 Å². The van der Waals surface area contributed by atoms with Crippen LogP contribution in [0.15, 0.2) is 23.1 Å². The Bertz CT molecular complexity index is 1030. The molecule has 2 saturated heterocycles. The van der Waals surface area contributed by atoms with Crippen molar-refractivity contribution >= 4 is 43.3 Å². The number of amides is 1. The van der Waals surface area contributed by atoms with Crippen molar-refractivity contribution in [1.82, 2.24) is 9.62 Å². The van der Waals surface area contributed by atoms with Crippen molar-refractivity contribution in [2.75, 3.05) is 31.2 Å². The van der Waals surface area contributed by atoms with Gasteiger partial charge in [0, 0.05) is 19.1 Å². The topological polar surface area (TPSA) is 127 Å². The van der Waals surface area contributed by atoms with Gasteiger partial charge < -0.3 is 10.1 Å². The number of halogens is 1. The minimum absolute atomic E-state index is 0.00249. The second-order valence-corrected chi connectivity index (χ2v) is 11.9. The van der Waals surface area contributed by atoms with E-state index in [1.54, 1.807) is 0 Å². The summed E-state index contributed by atoms with van der Waals surface area (Å²) < 4.78 is 54.9. The molecule has 2 fully saturated rings. The van der Waals surface area contributed by atoms with Crippen molar-refractivity contribution < 1.29 is 31.2 Å². The third-order valence-electron chi connectivity index (χ3n) is 5.03. The summed E-state index contributed by atoms with van der Waals surface area (Å²) >= 11 is 6.08. The molecule has 0 spiro atoms. The number of ether oxygens (including phenoxy) is 1. The Hall–Kier alpha value is -1.69. The van der Waals surface area contributed by atoms with Crippen molar-refractivity contribution in [3.05, 3.63) is 28.8 Å². The van der Waals surface area contributed by atoms with Crippen LogP contribution in [-0.4, -0.2) is 70.3 Å². The van der Waals surface area contributed by atoms with Gasteiger partial charge in [-0.05, 0) is 37.5 Å². The van der Waals surface area contributed by atoms with E-state index in [0.717, 1.165) is 25.3 Å². The number of nitrogens with one attached hydrogen (secondary N) is 1. The van der Waals surface area contributed by atoms with Crippen LogP contribution in [0.1, 0.15) is 36.0 Å². The molecule has 2 aliphatic heterocycles. The van der Waals surface area contributed by atoms with E-state index < -0.39 is 44.4 Å². The molecule has 1 aromatic carbocycles. The fourth-order valence-corrected chi connectivity index (χ4v) is 7.16. The van der Waals surface area contributed by atoms with Crippen LogP contribution in [0.2, 0.25) is 5.02 Å². The Morgan fingerprint density at radius 1 is 1.20 bits per heavy atom. The monoisotopic (exact) mass is 478 g/mol. The van der Waals surface area contributed by atoms with Gasteiger partial charge in [-0.1, -0.05) is 18.0 Å². The van der Waals surface area contributed by atoms with Gasteiger partial charge in [0.25, 0.3) is 5.91 Å². The maximum atomic E-state index is 12.9. The average Bonchev–Trinajstić information content (AvgIpc) is 3.05. The molecule has 2 heterocycles. The molecule has 0 bridgehead atoms. The molecule has 9 nitrogen and oxygen atoms in total. The molecule has 1 atom stereocenters. The zero-order valence-electron chi connectivity index (χ0n) is 16.2. The Balaban J connectivity index is 1.64. The summed E-state index contributed by atoms with van der Waals surface area (Å²) in [6, 6.07) is 3.27. The first kappa shape index (κ1) is 23.0. The average molecular weight is 479 g/mol. The van der Waals surface area contributed by atoms with E-state index in [2.05, 4.69) is 5.32 Å². The van der Waals surface area contributed by atoms with E-state index >= 15 is 0 Å². The molecule has 1 unspecified atom stereocenters. The summed E-state index contributed by atoms with van der Waals surface area (Å²) in [6.45, 7) is 0.182. The van der Waals surface area contributed by atoms with Crippen molar-refractivity contribution in [3.63, 3.8) is 0 Å². The van der Waals surface area contributed by atoms with E-state index in [1.165, 1.54) is 16.4 Å². The molecular formula is C18H23ClN2O7S2. The van der Waals surface area contributed by atoms with Crippen LogP contribution in [0.4, 0.5) is 0 Å². The second kappa shape index (κ2) is 9.21. The highest BCUT2D eigenvalue weighted by Gasteiger charge is 2.30. The summed E-state index contributed by atoms with van der Waals surface area (Å²) in [5, 5.41) is 2.51. The van der Waals surface area contributed by atoms with Crippen molar-refractivity contribution in [3.8, 4) is 0 Å². The molecule has 1 N–H and O–H groups in total. The number of hydrogen-bond donors (Lipinski definition) is 1. The molecule has 12 heteroatoms. The second-order valence-electron chi connectivity index (χ2n) is 7.35. The number of carbonyl (C=O) groups excluding carboxylic acids is 2. The SMILES string of the molecule is O=C(COC(=O)c1ccc(Cl)c(S(=O)(=O)N2CCCCC2)c1)NC1CCS(=O)(=O)C1. The molecule has 30 heavy (non-hydrogen) atoms. The lowest BCUT2D eigenvalue weighted by Gasteiger charge is -2.26. The normalized spacial score (nSPS) is 21.8. The van der Waals surface area contributed by atoms with Gasteiger partial charge in [0.05, 0.1) is 22.1 Å². The van der Waals surface area contributed by atoms with Gasteiger partial charge in [0.15, 0.2) is 16.4 Å². The minimum Gasteiger partial charge on any atom is -0.452 e. The van der Waals surface area contributed by atoms with E-state index in [9.17, 15) is 26.4 Å². The highest BCUT2D eigenvalue weighted by atomic mass is 35.5. The van der Waals surface area contributed by atoms with Crippen molar-refractivity contribution in [2.24, 2.45) is 0 Å². The summed E-state index contributed by atoms with van der Waals surface area (Å²) in [5.74, 6) is -1.63. The lowest BCUT2D eigenvalue weighted by Crippen LogP contribution is -2.38. The standard InChI is InChI=1S/C18H23ClN2O7S2/c19-15-5-4-13(10-16(15)30(26,27)21-7-2-1-3-8-21)18(23)28-11-17(22)20-14-6-9-29(24,25)12-14/h4-5,10,14H,1-3,6-9,11-12H2,(H,20,22). The maximum Gasteiger partial charge on any atom is 0.338 e. The minimum atomic E-state index is -3.85. The highest BCUT2D eigenvalue weighted by molar-refractivity contribution is 7.91. The summed E-state index contributed by atoms with van der Waals surface area (Å²) in [7, 11) is -6.99. The molecule has 1 amide bonds. The van der Waals surface area contributed by atoms with Gasteiger partial charge in [0.2, 0.25) is 10.0 Å². The van der Waals surface area contributed by atoms with Gasteiger partial charge in [-0.2, -0.15) is 4.31 Å². The molecular weight excluding hydrogens is 456 g/mol. The predicted octanol–water partition coefficient (Wildman–Crippen LogP) is 0.975. The van der Waals surface area contributed by atoms with Crippen LogP contribution in [-0.2, 0) is 29.4 Å². The van der Waals surface area contributed by atoms with Gasteiger partial charge in [0.1, 0.15) is 4.90 Å². The van der Waals surface area contributed by atoms with E-state index in [1.807, 2.05) is 0 Å². The van der Waals surface area contributed by atoms with Gasteiger partial charge >= 0.3 is 5.97 Å². The number of hydrogen-bond acceptors (Lipinski definition) is 7. The third kappa shape index (κ3) is 5.51. The number of sulfone groups is 1. The van der Waals surface area contributed by atoms with E-state index in [4.69, 9.17) is 16.3 Å². The summed E-state index contributed by atoms with van der Waals surface area (Å²) in [4.78, 5) is 24.1. The molecule has 0 aliphatic carbocycles. The van der Waals surface area contributed by atoms with Gasteiger partial charge in [-0.3, -0.25) is 4.79 Å². The molecule has 166 valence electrons. The Morgan fingerprint density at radius 3 is 2.53 bits per heavy atom. The Labute approximate surface area is 180 Å². The summed E-state index contributed by atoms with van der Waals surface area (Å²) in [6.07, 6.45) is 2.80. The molecule has 3 rings (SSSR count). The first-order valence-corrected chi connectivity index (χ1v) is 13.2.